The minimum absolute atomic E-state index is 0.223. The third-order valence-electron chi connectivity index (χ3n) is 3.09. The molecule has 1 aromatic heterocycles. The highest BCUT2D eigenvalue weighted by Crippen LogP contribution is 2.19. The van der Waals surface area contributed by atoms with Crippen LogP contribution in [0.3, 0.4) is 0 Å². The molecule has 0 atom stereocenters. The van der Waals surface area contributed by atoms with Gasteiger partial charge in [0.2, 0.25) is 0 Å². The average molecular weight is 314 g/mol. The number of benzene rings is 2. The molecule has 1 heterocycles. The van der Waals surface area contributed by atoms with E-state index in [2.05, 4.69) is 20.8 Å². The summed E-state index contributed by atoms with van der Waals surface area (Å²) in [6.45, 7) is 0. The molecule has 0 radical (unpaired) electrons. The summed E-state index contributed by atoms with van der Waals surface area (Å²) in [5.74, 6) is 0.372. The average Bonchev–Trinajstić information content (AvgIpc) is 2.93. The Morgan fingerprint density at radius 3 is 2.73 bits per heavy atom. The third-order valence-corrected chi connectivity index (χ3v) is 3.32. The number of tetrazole rings is 1. The maximum absolute atomic E-state index is 12.3. The molecule has 1 amide bonds. The second kappa shape index (κ2) is 5.95. The summed E-state index contributed by atoms with van der Waals surface area (Å²) in [5, 5.41) is 14.7. The van der Waals surface area contributed by atoms with Crippen LogP contribution in [0.4, 0.5) is 5.69 Å². The van der Waals surface area contributed by atoms with Crippen LogP contribution in [0.2, 0.25) is 5.02 Å². The lowest BCUT2D eigenvalue weighted by Gasteiger charge is -2.07. The van der Waals surface area contributed by atoms with Crippen molar-refractivity contribution in [3.05, 3.63) is 59.1 Å². The fourth-order valence-electron chi connectivity index (χ4n) is 2.04. The first-order valence-electron chi connectivity index (χ1n) is 6.53. The van der Waals surface area contributed by atoms with E-state index in [0.717, 1.165) is 5.56 Å². The van der Waals surface area contributed by atoms with Gasteiger partial charge in [0.15, 0.2) is 5.82 Å². The van der Waals surface area contributed by atoms with Crippen molar-refractivity contribution in [2.45, 2.75) is 0 Å². The Bertz CT molecular complexity index is 830. The SMILES string of the molecule is Cn1nnnc1-c1cccc(C(=O)Nc2cccc(Cl)c2)c1. The van der Waals surface area contributed by atoms with Crippen LogP contribution in [-0.2, 0) is 7.05 Å². The molecule has 7 heteroatoms. The van der Waals surface area contributed by atoms with Crippen LogP contribution >= 0.6 is 11.6 Å². The van der Waals surface area contributed by atoms with Crippen LogP contribution in [0.15, 0.2) is 48.5 Å². The topological polar surface area (TPSA) is 72.7 Å². The van der Waals surface area contributed by atoms with Crippen LogP contribution in [0.1, 0.15) is 10.4 Å². The van der Waals surface area contributed by atoms with Gasteiger partial charge < -0.3 is 5.32 Å². The predicted molar refractivity (Wildman–Crippen MR) is 83.6 cm³/mol. The number of nitrogens with one attached hydrogen (secondary N) is 1. The van der Waals surface area contributed by atoms with E-state index in [1.165, 1.54) is 0 Å². The zero-order valence-corrected chi connectivity index (χ0v) is 12.4. The fraction of sp³-hybridized carbons (Fsp3) is 0.0667. The summed E-state index contributed by atoms with van der Waals surface area (Å²) in [6, 6.07) is 14.1. The van der Waals surface area contributed by atoms with E-state index in [-0.39, 0.29) is 5.91 Å². The van der Waals surface area contributed by atoms with Gasteiger partial charge in [-0.1, -0.05) is 29.8 Å². The molecule has 6 nitrogen and oxygen atoms in total. The number of rotatable bonds is 3. The maximum Gasteiger partial charge on any atom is 0.255 e. The highest BCUT2D eigenvalue weighted by atomic mass is 35.5. The van der Waals surface area contributed by atoms with E-state index >= 15 is 0 Å². The number of aromatic nitrogens is 4. The molecule has 1 N–H and O–H groups in total. The highest BCUT2D eigenvalue weighted by Gasteiger charge is 2.11. The van der Waals surface area contributed by atoms with Crippen molar-refractivity contribution in [1.29, 1.82) is 0 Å². The Morgan fingerprint density at radius 1 is 1.18 bits per heavy atom. The normalized spacial score (nSPS) is 10.5. The molecule has 2 aromatic carbocycles. The molecule has 110 valence electrons. The number of amides is 1. The first-order valence-corrected chi connectivity index (χ1v) is 6.91. The predicted octanol–water partition coefficient (Wildman–Crippen LogP) is 2.78. The summed E-state index contributed by atoms with van der Waals surface area (Å²) < 4.78 is 1.55. The van der Waals surface area contributed by atoms with Crippen LogP contribution in [0, 0.1) is 0 Å². The molecule has 0 aliphatic heterocycles. The number of hydrogen-bond donors (Lipinski definition) is 1. The summed E-state index contributed by atoms with van der Waals surface area (Å²) in [7, 11) is 1.74. The fourth-order valence-corrected chi connectivity index (χ4v) is 2.23. The minimum atomic E-state index is -0.223. The lowest BCUT2D eigenvalue weighted by molar-refractivity contribution is 0.102. The van der Waals surface area contributed by atoms with Gasteiger partial charge in [0.05, 0.1) is 0 Å². The summed E-state index contributed by atoms with van der Waals surface area (Å²) in [6.07, 6.45) is 0. The quantitative estimate of drug-likeness (QED) is 0.807. The molecule has 0 saturated heterocycles. The van der Waals surface area contributed by atoms with Crippen molar-refractivity contribution >= 4 is 23.2 Å². The van der Waals surface area contributed by atoms with E-state index in [0.29, 0.717) is 22.1 Å². The monoisotopic (exact) mass is 313 g/mol. The van der Waals surface area contributed by atoms with E-state index < -0.39 is 0 Å². The van der Waals surface area contributed by atoms with Crippen molar-refractivity contribution in [3.63, 3.8) is 0 Å². The van der Waals surface area contributed by atoms with Gasteiger partial charge in [-0.05, 0) is 40.8 Å². The molecule has 0 unspecified atom stereocenters. The van der Waals surface area contributed by atoms with E-state index in [1.807, 2.05) is 6.07 Å². The van der Waals surface area contributed by atoms with Gasteiger partial charge in [-0.25, -0.2) is 4.68 Å². The maximum atomic E-state index is 12.3. The van der Waals surface area contributed by atoms with Gasteiger partial charge in [0, 0.05) is 28.9 Å². The molecule has 0 spiro atoms. The van der Waals surface area contributed by atoms with Crippen LogP contribution < -0.4 is 5.32 Å². The lowest BCUT2D eigenvalue weighted by Crippen LogP contribution is -2.12. The number of carbonyl (C=O) groups is 1. The zero-order chi connectivity index (χ0) is 15.5. The largest absolute Gasteiger partial charge is 0.322 e. The molecular weight excluding hydrogens is 302 g/mol. The standard InChI is InChI=1S/C15H12ClN5O/c1-21-14(18-19-20-21)10-4-2-5-11(8-10)15(22)17-13-7-3-6-12(16)9-13/h2-9H,1H3,(H,17,22). The molecule has 3 rings (SSSR count). The van der Waals surface area contributed by atoms with Crippen LogP contribution in [-0.4, -0.2) is 26.1 Å². The molecule has 3 aromatic rings. The molecule has 0 aliphatic carbocycles. The molecule has 0 fully saturated rings. The smallest absolute Gasteiger partial charge is 0.255 e. The van der Waals surface area contributed by atoms with Gasteiger partial charge in [-0.3, -0.25) is 4.79 Å². The van der Waals surface area contributed by atoms with Gasteiger partial charge >= 0.3 is 0 Å². The van der Waals surface area contributed by atoms with Crippen molar-refractivity contribution in [3.8, 4) is 11.4 Å². The molecule has 0 bridgehead atoms. The van der Waals surface area contributed by atoms with Gasteiger partial charge in [-0.15, -0.1) is 5.10 Å². The zero-order valence-electron chi connectivity index (χ0n) is 11.7. The first kappa shape index (κ1) is 14.2. The number of hydrogen-bond acceptors (Lipinski definition) is 4. The number of anilines is 1. The minimum Gasteiger partial charge on any atom is -0.322 e. The first-order chi connectivity index (χ1) is 10.6. The Hall–Kier alpha value is -2.73. The van der Waals surface area contributed by atoms with Crippen molar-refractivity contribution < 1.29 is 4.79 Å². The van der Waals surface area contributed by atoms with Gasteiger partial charge in [-0.2, -0.15) is 0 Å². The Balaban J connectivity index is 1.86. The van der Waals surface area contributed by atoms with Gasteiger partial charge in [0.1, 0.15) is 0 Å². The summed E-state index contributed by atoms with van der Waals surface area (Å²) in [5.41, 5.74) is 1.93. The Kier molecular flexibility index (Phi) is 3.84. The van der Waals surface area contributed by atoms with Crippen molar-refractivity contribution in [2.75, 3.05) is 5.32 Å². The highest BCUT2D eigenvalue weighted by molar-refractivity contribution is 6.30. The van der Waals surface area contributed by atoms with Crippen LogP contribution in [0.25, 0.3) is 11.4 Å². The summed E-state index contributed by atoms with van der Waals surface area (Å²) >= 11 is 5.91. The Labute approximate surface area is 131 Å². The van der Waals surface area contributed by atoms with Crippen molar-refractivity contribution in [1.82, 2.24) is 20.2 Å². The Morgan fingerprint density at radius 2 is 2.00 bits per heavy atom. The second-order valence-electron chi connectivity index (χ2n) is 4.67. The molecular formula is C15H12ClN5O. The van der Waals surface area contributed by atoms with Gasteiger partial charge in [0.25, 0.3) is 5.91 Å². The second-order valence-corrected chi connectivity index (χ2v) is 5.11. The molecule has 22 heavy (non-hydrogen) atoms. The molecule has 0 aliphatic rings. The number of aryl methyl sites for hydroxylation is 1. The van der Waals surface area contributed by atoms with Crippen molar-refractivity contribution in [2.24, 2.45) is 7.05 Å². The lowest BCUT2D eigenvalue weighted by atomic mass is 10.1. The van der Waals surface area contributed by atoms with E-state index in [1.54, 1.807) is 54.2 Å². The molecule has 0 saturated carbocycles. The third kappa shape index (κ3) is 2.96. The summed E-state index contributed by atoms with van der Waals surface area (Å²) in [4.78, 5) is 12.3. The van der Waals surface area contributed by atoms with E-state index in [4.69, 9.17) is 11.6 Å². The van der Waals surface area contributed by atoms with E-state index in [9.17, 15) is 4.79 Å². The van der Waals surface area contributed by atoms with Crippen LogP contribution in [0.5, 0.6) is 0 Å². The number of carbonyl (C=O) groups excluding carboxylic acids is 1. The number of halogens is 1. The number of nitrogens with zero attached hydrogens (tertiary/aromatic N) is 4.